The third-order valence-electron chi connectivity index (χ3n) is 1.66. The highest BCUT2D eigenvalue weighted by Crippen LogP contribution is 2.09. The average molecular weight is 224 g/mol. The molecule has 1 amide bonds. The van der Waals surface area contributed by atoms with E-state index >= 15 is 0 Å². The van der Waals surface area contributed by atoms with Crippen LogP contribution in [0.2, 0.25) is 0 Å². The van der Waals surface area contributed by atoms with Gasteiger partial charge in [-0.3, -0.25) is 4.79 Å². The van der Waals surface area contributed by atoms with Crippen LogP contribution in [0.25, 0.3) is 6.08 Å². The molecule has 82 valence electrons. The van der Waals surface area contributed by atoms with Gasteiger partial charge >= 0.3 is 0 Å². The molecule has 0 saturated heterocycles. The summed E-state index contributed by atoms with van der Waals surface area (Å²) in [7, 11) is 0. The van der Waals surface area contributed by atoms with Crippen LogP contribution in [-0.2, 0) is 4.79 Å². The molecule has 3 N–H and O–H groups in total. The maximum Gasteiger partial charge on any atom is 0.244 e. The minimum atomic E-state index is -0.369. The maximum atomic E-state index is 11.3. The standard InChI is InChI=1S/C11H16N2OS/c1-11(2,12)8-13-10(14)6-5-9-4-3-7-15-9/h3-7H,8,12H2,1-2H3,(H,13,14)/b6-5+. The van der Waals surface area contributed by atoms with E-state index in [-0.39, 0.29) is 11.4 Å². The van der Waals surface area contributed by atoms with E-state index in [9.17, 15) is 4.79 Å². The summed E-state index contributed by atoms with van der Waals surface area (Å²) in [6, 6.07) is 3.91. The molecule has 4 heteroatoms. The number of thiophene rings is 1. The molecular formula is C11H16N2OS. The molecule has 0 fully saturated rings. The summed E-state index contributed by atoms with van der Waals surface area (Å²) in [5, 5.41) is 4.71. The van der Waals surface area contributed by atoms with Crippen molar-refractivity contribution in [2.24, 2.45) is 5.73 Å². The molecule has 1 rings (SSSR count). The van der Waals surface area contributed by atoms with Crippen molar-refractivity contribution in [2.75, 3.05) is 6.54 Å². The minimum absolute atomic E-state index is 0.109. The summed E-state index contributed by atoms with van der Waals surface area (Å²) >= 11 is 1.60. The van der Waals surface area contributed by atoms with E-state index in [0.29, 0.717) is 6.54 Å². The fraction of sp³-hybridized carbons (Fsp3) is 0.364. The van der Waals surface area contributed by atoms with E-state index in [1.807, 2.05) is 31.4 Å². The lowest BCUT2D eigenvalue weighted by Gasteiger charge is -2.17. The van der Waals surface area contributed by atoms with Gasteiger partial charge in [-0.15, -0.1) is 11.3 Å². The van der Waals surface area contributed by atoms with E-state index in [2.05, 4.69) is 5.32 Å². The third kappa shape index (κ3) is 5.34. The van der Waals surface area contributed by atoms with E-state index in [0.717, 1.165) is 4.88 Å². The smallest absolute Gasteiger partial charge is 0.244 e. The van der Waals surface area contributed by atoms with Gasteiger partial charge in [-0.1, -0.05) is 6.07 Å². The molecule has 0 aliphatic rings. The average Bonchev–Trinajstić information content (AvgIpc) is 2.62. The normalized spacial score (nSPS) is 11.9. The summed E-state index contributed by atoms with van der Waals surface area (Å²) in [5.74, 6) is -0.109. The molecule has 1 heterocycles. The molecule has 0 aromatic carbocycles. The molecule has 0 unspecified atom stereocenters. The van der Waals surface area contributed by atoms with Crippen LogP contribution in [0.15, 0.2) is 23.6 Å². The Labute approximate surface area is 94.0 Å². The zero-order valence-corrected chi connectivity index (χ0v) is 9.80. The monoisotopic (exact) mass is 224 g/mol. The van der Waals surface area contributed by atoms with Crippen molar-refractivity contribution in [1.29, 1.82) is 0 Å². The van der Waals surface area contributed by atoms with Gasteiger partial charge in [0.1, 0.15) is 0 Å². The van der Waals surface area contributed by atoms with Crippen LogP contribution >= 0.6 is 11.3 Å². The second-order valence-electron chi connectivity index (χ2n) is 4.06. The Morgan fingerprint density at radius 3 is 2.93 bits per heavy atom. The van der Waals surface area contributed by atoms with Crippen LogP contribution in [0.3, 0.4) is 0 Å². The Kier molecular flexibility index (Phi) is 4.05. The lowest BCUT2D eigenvalue weighted by Crippen LogP contribution is -2.44. The molecule has 0 bridgehead atoms. The Balaban J connectivity index is 2.37. The van der Waals surface area contributed by atoms with Gasteiger partial charge in [0, 0.05) is 23.0 Å². The van der Waals surface area contributed by atoms with Crippen LogP contribution in [-0.4, -0.2) is 18.0 Å². The first-order valence-corrected chi connectivity index (χ1v) is 5.64. The number of carbonyl (C=O) groups is 1. The highest BCUT2D eigenvalue weighted by molar-refractivity contribution is 7.10. The summed E-state index contributed by atoms with van der Waals surface area (Å²) in [4.78, 5) is 12.4. The van der Waals surface area contributed by atoms with E-state index in [1.54, 1.807) is 17.4 Å². The number of amides is 1. The fourth-order valence-corrected chi connectivity index (χ4v) is 1.54. The van der Waals surface area contributed by atoms with Crippen molar-refractivity contribution in [3.8, 4) is 0 Å². The summed E-state index contributed by atoms with van der Waals surface area (Å²) < 4.78 is 0. The molecule has 15 heavy (non-hydrogen) atoms. The van der Waals surface area contributed by atoms with Crippen LogP contribution < -0.4 is 11.1 Å². The van der Waals surface area contributed by atoms with E-state index in [4.69, 9.17) is 5.73 Å². The van der Waals surface area contributed by atoms with Crippen LogP contribution in [0.1, 0.15) is 18.7 Å². The lowest BCUT2D eigenvalue weighted by molar-refractivity contribution is -0.116. The summed E-state index contributed by atoms with van der Waals surface area (Å²) in [6.07, 6.45) is 3.32. The molecule has 0 radical (unpaired) electrons. The van der Waals surface area contributed by atoms with Gasteiger partial charge in [-0.2, -0.15) is 0 Å². The number of rotatable bonds is 4. The molecule has 0 atom stereocenters. The highest BCUT2D eigenvalue weighted by Gasteiger charge is 2.10. The number of nitrogens with two attached hydrogens (primary N) is 1. The van der Waals surface area contributed by atoms with Crippen molar-refractivity contribution >= 4 is 23.3 Å². The second kappa shape index (κ2) is 5.09. The molecule has 0 aliphatic carbocycles. The largest absolute Gasteiger partial charge is 0.351 e. The predicted octanol–water partition coefficient (Wildman–Crippen LogP) is 1.61. The van der Waals surface area contributed by atoms with Crippen molar-refractivity contribution < 1.29 is 4.79 Å². The maximum absolute atomic E-state index is 11.3. The van der Waals surface area contributed by atoms with Crippen LogP contribution in [0.5, 0.6) is 0 Å². The number of carbonyl (C=O) groups excluding carboxylic acids is 1. The minimum Gasteiger partial charge on any atom is -0.351 e. The number of hydrogen-bond acceptors (Lipinski definition) is 3. The van der Waals surface area contributed by atoms with Gasteiger partial charge in [0.25, 0.3) is 0 Å². The van der Waals surface area contributed by atoms with Gasteiger partial charge < -0.3 is 11.1 Å². The van der Waals surface area contributed by atoms with Crippen LogP contribution in [0.4, 0.5) is 0 Å². The molecule has 1 aromatic heterocycles. The topological polar surface area (TPSA) is 55.1 Å². The van der Waals surface area contributed by atoms with E-state index in [1.165, 1.54) is 6.08 Å². The first-order chi connectivity index (χ1) is 6.97. The molecule has 3 nitrogen and oxygen atoms in total. The molecule has 0 aliphatic heterocycles. The fourth-order valence-electron chi connectivity index (χ4n) is 0.918. The van der Waals surface area contributed by atoms with Crippen molar-refractivity contribution in [2.45, 2.75) is 19.4 Å². The quantitative estimate of drug-likeness (QED) is 0.763. The van der Waals surface area contributed by atoms with E-state index < -0.39 is 0 Å². The van der Waals surface area contributed by atoms with Gasteiger partial charge in [0.2, 0.25) is 5.91 Å². The Morgan fingerprint density at radius 2 is 2.40 bits per heavy atom. The number of nitrogens with one attached hydrogen (secondary N) is 1. The SMILES string of the molecule is CC(C)(N)CNC(=O)/C=C/c1cccs1. The third-order valence-corrected chi connectivity index (χ3v) is 2.50. The zero-order valence-electron chi connectivity index (χ0n) is 8.99. The Hall–Kier alpha value is -1.13. The predicted molar refractivity (Wildman–Crippen MR) is 64.6 cm³/mol. The Morgan fingerprint density at radius 1 is 1.67 bits per heavy atom. The van der Waals surface area contributed by atoms with Crippen molar-refractivity contribution in [3.63, 3.8) is 0 Å². The van der Waals surface area contributed by atoms with Gasteiger partial charge in [-0.25, -0.2) is 0 Å². The van der Waals surface area contributed by atoms with Gasteiger partial charge in [0.15, 0.2) is 0 Å². The van der Waals surface area contributed by atoms with Gasteiger partial charge in [0.05, 0.1) is 0 Å². The first-order valence-electron chi connectivity index (χ1n) is 4.76. The molecule has 1 aromatic rings. The zero-order chi connectivity index (χ0) is 11.3. The van der Waals surface area contributed by atoms with Gasteiger partial charge in [-0.05, 0) is 31.4 Å². The first kappa shape index (κ1) is 11.9. The second-order valence-corrected chi connectivity index (χ2v) is 5.03. The van der Waals surface area contributed by atoms with Crippen molar-refractivity contribution in [3.05, 3.63) is 28.5 Å². The van der Waals surface area contributed by atoms with Crippen LogP contribution in [0, 0.1) is 0 Å². The van der Waals surface area contributed by atoms with Crippen molar-refractivity contribution in [1.82, 2.24) is 5.32 Å². The molecular weight excluding hydrogens is 208 g/mol. The Bertz CT molecular complexity index is 336. The molecule has 0 saturated carbocycles. The molecule has 0 spiro atoms. The lowest BCUT2D eigenvalue weighted by atomic mass is 10.1. The summed E-state index contributed by atoms with van der Waals surface area (Å²) in [6.45, 7) is 4.22. The summed E-state index contributed by atoms with van der Waals surface area (Å²) in [5.41, 5.74) is 5.37. The highest BCUT2D eigenvalue weighted by atomic mass is 32.1. The number of hydrogen-bond donors (Lipinski definition) is 2.